The number of carbonyl (C=O) groups is 2. The van der Waals surface area contributed by atoms with Gasteiger partial charge in [-0.1, -0.05) is 19.9 Å². The first-order chi connectivity index (χ1) is 9.87. The highest BCUT2D eigenvalue weighted by Gasteiger charge is 2.52. The highest BCUT2D eigenvalue weighted by atomic mass is 16.2. The average molecular weight is 289 g/mol. The summed E-state index contributed by atoms with van der Waals surface area (Å²) < 4.78 is 0. The molecular formula is C16H23N3O2. The van der Waals surface area contributed by atoms with Crippen LogP contribution in [0.4, 0.5) is 0 Å². The topological polar surface area (TPSA) is 62.3 Å². The van der Waals surface area contributed by atoms with Gasteiger partial charge in [-0.05, 0) is 38.3 Å². The van der Waals surface area contributed by atoms with Crippen molar-refractivity contribution in [2.24, 2.45) is 0 Å². The van der Waals surface area contributed by atoms with Crippen LogP contribution in [-0.4, -0.2) is 32.8 Å². The third-order valence-corrected chi connectivity index (χ3v) is 4.65. The Balaban J connectivity index is 2.40. The molecule has 1 fully saturated rings. The molecule has 5 nitrogen and oxygen atoms in total. The third kappa shape index (κ3) is 2.52. The molecule has 2 rings (SSSR count). The Labute approximate surface area is 125 Å². The molecular weight excluding hydrogens is 266 g/mol. The molecule has 2 heterocycles. The number of amides is 2. The first-order valence-electron chi connectivity index (χ1n) is 7.41. The van der Waals surface area contributed by atoms with Crippen LogP contribution in [0.15, 0.2) is 24.5 Å². The van der Waals surface area contributed by atoms with Crippen LogP contribution >= 0.6 is 0 Å². The van der Waals surface area contributed by atoms with Crippen LogP contribution in [0.25, 0.3) is 0 Å². The largest absolute Gasteiger partial charge is 0.340 e. The fraction of sp³-hybridized carbons (Fsp3) is 0.562. The van der Waals surface area contributed by atoms with Crippen LogP contribution in [0.3, 0.4) is 0 Å². The predicted molar refractivity (Wildman–Crippen MR) is 80.3 cm³/mol. The molecule has 1 saturated heterocycles. The maximum atomic E-state index is 12.9. The van der Waals surface area contributed by atoms with Crippen molar-refractivity contribution in [2.45, 2.75) is 58.2 Å². The van der Waals surface area contributed by atoms with E-state index in [1.54, 1.807) is 24.2 Å². The third-order valence-electron chi connectivity index (χ3n) is 4.65. The Kier molecular flexibility index (Phi) is 4.03. The van der Waals surface area contributed by atoms with Crippen molar-refractivity contribution >= 4 is 11.8 Å². The second kappa shape index (κ2) is 5.47. The van der Waals surface area contributed by atoms with E-state index in [2.05, 4.69) is 10.3 Å². The van der Waals surface area contributed by atoms with Crippen molar-refractivity contribution < 1.29 is 9.59 Å². The van der Waals surface area contributed by atoms with Crippen LogP contribution < -0.4 is 5.32 Å². The fourth-order valence-corrected chi connectivity index (χ4v) is 2.59. The SMILES string of the molecule is CCC1(C)NC(=O)C(C)(CC)N(Cc2cccnc2)C1=O. The molecule has 5 heteroatoms. The van der Waals surface area contributed by atoms with Crippen molar-refractivity contribution in [1.82, 2.24) is 15.2 Å². The normalized spacial score (nSPS) is 29.4. The van der Waals surface area contributed by atoms with Gasteiger partial charge >= 0.3 is 0 Å². The Morgan fingerprint density at radius 3 is 2.48 bits per heavy atom. The van der Waals surface area contributed by atoms with Crippen LogP contribution in [0.5, 0.6) is 0 Å². The van der Waals surface area contributed by atoms with E-state index in [9.17, 15) is 9.59 Å². The van der Waals surface area contributed by atoms with Gasteiger partial charge in [-0.2, -0.15) is 0 Å². The summed E-state index contributed by atoms with van der Waals surface area (Å²) in [5.41, 5.74) is -0.714. The van der Waals surface area contributed by atoms with Crippen molar-refractivity contribution in [3.05, 3.63) is 30.1 Å². The fourth-order valence-electron chi connectivity index (χ4n) is 2.59. The zero-order chi connectivity index (χ0) is 15.7. The number of pyridine rings is 1. The van der Waals surface area contributed by atoms with Crippen molar-refractivity contribution in [1.29, 1.82) is 0 Å². The van der Waals surface area contributed by atoms with Gasteiger partial charge in [0.1, 0.15) is 11.1 Å². The maximum absolute atomic E-state index is 12.9. The summed E-state index contributed by atoms with van der Waals surface area (Å²) in [4.78, 5) is 31.2. The van der Waals surface area contributed by atoms with Crippen LogP contribution in [0.2, 0.25) is 0 Å². The van der Waals surface area contributed by atoms with Gasteiger partial charge in [-0.3, -0.25) is 14.6 Å². The zero-order valence-electron chi connectivity index (χ0n) is 13.1. The molecule has 1 N–H and O–H groups in total. The summed E-state index contributed by atoms with van der Waals surface area (Å²) >= 11 is 0. The van der Waals surface area contributed by atoms with Crippen LogP contribution in [0.1, 0.15) is 46.1 Å². The molecule has 0 aromatic carbocycles. The van der Waals surface area contributed by atoms with E-state index in [0.29, 0.717) is 19.4 Å². The van der Waals surface area contributed by atoms with Gasteiger partial charge in [0.2, 0.25) is 11.8 Å². The molecule has 21 heavy (non-hydrogen) atoms. The highest BCUT2D eigenvalue weighted by molar-refractivity contribution is 6.01. The van der Waals surface area contributed by atoms with Crippen molar-refractivity contribution in [3.8, 4) is 0 Å². The average Bonchev–Trinajstić information content (AvgIpc) is 2.50. The van der Waals surface area contributed by atoms with E-state index in [-0.39, 0.29) is 11.8 Å². The van der Waals surface area contributed by atoms with Crippen LogP contribution in [0, 0.1) is 0 Å². The first-order valence-corrected chi connectivity index (χ1v) is 7.41. The number of hydrogen-bond donors (Lipinski definition) is 1. The number of nitrogens with one attached hydrogen (secondary N) is 1. The smallest absolute Gasteiger partial charge is 0.249 e. The monoisotopic (exact) mass is 289 g/mol. The Morgan fingerprint density at radius 1 is 1.24 bits per heavy atom. The number of carbonyl (C=O) groups excluding carboxylic acids is 2. The lowest BCUT2D eigenvalue weighted by Crippen LogP contribution is -2.73. The molecule has 0 spiro atoms. The van der Waals surface area contributed by atoms with Crippen molar-refractivity contribution in [3.63, 3.8) is 0 Å². The van der Waals surface area contributed by atoms with Gasteiger partial charge in [0, 0.05) is 18.9 Å². The molecule has 1 aromatic rings. The number of nitrogens with zero attached hydrogens (tertiary/aromatic N) is 2. The minimum absolute atomic E-state index is 0.0298. The lowest BCUT2D eigenvalue weighted by molar-refractivity contribution is -0.162. The van der Waals surface area contributed by atoms with E-state index in [4.69, 9.17) is 0 Å². The number of hydrogen-bond acceptors (Lipinski definition) is 3. The second-order valence-electron chi connectivity index (χ2n) is 6.02. The molecule has 1 aliphatic rings. The zero-order valence-corrected chi connectivity index (χ0v) is 13.1. The Morgan fingerprint density at radius 2 is 1.95 bits per heavy atom. The quantitative estimate of drug-likeness (QED) is 0.920. The highest BCUT2D eigenvalue weighted by Crippen LogP contribution is 2.31. The Hall–Kier alpha value is -1.91. The summed E-state index contributed by atoms with van der Waals surface area (Å²) in [6.45, 7) is 7.86. The molecule has 0 bridgehead atoms. The van der Waals surface area contributed by atoms with Gasteiger partial charge < -0.3 is 10.2 Å². The van der Waals surface area contributed by atoms with Gasteiger partial charge in [0.15, 0.2) is 0 Å². The predicted octanol–water partition coefficient (Wildman–Crippen LogP) is 1.88. The molecule has 0 radical (unpaired) electrons. The lowest BCUT2D eigenvalue weighted by Gasteiger charge is -2.49. The van der Waals surface area contributed by atoms with Gasteiger partial charge in [0.25, 0.3) is 0 Å². The van der Waals surface area contributed by atoms with E-state index in [1.807, 2.05) is 32.9 Å². The van der Waals surface area contributed by atoms with Gasteiger partial charge in [-0.15, -0.1) is 0 Å². The molecule has 114 valence electrons. The van der Waals surface area contributed by atoms with Gasteiger partial charge in [-0.25, -0.2) is 0 Å². The van der Waals surface area contributed by atoms with E-state index in [0.717, 1.165) is 5.56 Å². The van der Waals surface area contributed by atoms with Crippen LogP contribution in [-0.2, 0) is 16.1 Å². The molecule has 2 amide bonds. The maximum Gasteiger partial charge on any atom is 0.249 e. The number of piperazine rings is 1. The van der Waals surface area contributed by atoms with E-state index >= 15 is 0 Å². The van der Waals surface area contributed by atoms with Crippen molar-refractivity contribution in [2.75, 3.05) is 0 Å². The minimum atomic E-state index is -0.825. The summed E-state index contributed by atoms with van der Waals surface area (Å²) in [5.74, 6) is -0.115. The summed E-state index contributed by atoms with van der Waals surface area (Å²) in [6, 6.07) is 3.76. The first kappa shape index (κ1) is 15.5. The molecule has 1 aromatic heterocycles. The standard InChI is InChI=1S/C16H23N3O2/c1-5-15(3)14(21)19(11-12-8-7-9-17-10-12)16(4,6-2)13(20)18-15/h7-10H,5-6,11H2,1-4H3,(H,18,20). The molecule has 0 aliphatic carbocycles. The summed E-state index contributed by atoms with van der Waals surface area (Å²) in [6.07, 6.45) is 4.58. The lowest BCUT2D eigenvalue weighted by atomic mass is 9.84. The number of rotatable bonds is 4. The molecule has 2 atom stereocenters. The molecule has 2 unspecified atom stereocenters. The van der Waals surface area contributed by atoms with E-state index in [1.165, 1.54) is 0 Å². The molecule has 1 aliphatic heterocycles. The van der Waals surface area contributed by atoms with E-state index < -0.39 is 11.1 Å². The number of aromatic nitrogens is 1. The Bertz CT molecular complexity index is 546. The second-order valence-corrected chi connectivity index (χ2v) is 6.02. The summed E-state index contributed by atoms with van der Waals surface area (Å²) in [5, 5.41) is 2.90. The molecule has 0 saturated carbocycles. The van der Waals surface area contributed by atoms with Gasteiger partial charge in [0.05, 0.1) is 0 Å². The minimum Gasteiger partial charge on any atom is -0.340 e. The summed E-state index contributed by atoms with van der Waals surface area (Å²) in [7, 11) is 0.